The van der Waals surface area contributed by atoms with E-state index >= 15 is 0 Å². The lowest BCUT2D eigenvalue weighted by Crippen LogP contribution is -2.21. The van der Waals surface area contributed by atoms with Gasteiger partial charge in [-0.05, 0) is 62.4 Å². The Morgan fingerprint density at radius 3 is 2.29 bits per heavy atom. The van der Waals surface area contributed by atoms with E-state index in [9.17, 15) is 0 Å². The first kappa shape index (κ1) is 16.4. The van der Waals surface area contributed by atoms with Gasteiger partial charge in [-0.2, -0.15) is 0 Å². The average Bonchev–Trinajstić information content (AvgIpc) is 3.01. The maximum atomic E-state index is 3.70. The molecule has 1 aromatic rings. The summed E-state index contributed by atoms with van der Waals surface area (Å²) in [7, 11) is 0. The van der Waals surface area contributed by atoms with E-state index in [0.717, 1.165) is 12.5 Å². The van der Waals surface area contributed by atoms with Crippen LogP contribution in [-0.4, -0.2) is 24.0 Å². The van der Waals surface area contributed by atoms with Crippen molar-refractivity contribution in [3.05, 3.63) is 29.8 Å². The molecule has 0 aliphatic carbocycles. The number of hydrogen-bond donors (Lipinski definition) is 1. The summed E-state index contributed by atoms with van der Waals surface area (Å²) in [5.41, 5.74) is 2.72. The van der Waals surface area contributed by atoms with E-state index in [1.54, 1.807) is 0 Å². The number of nitrogens with one attached hydrogen (secondary N) is 1. The van der Waals surface area contributed by atoms with E-state index in [1.807, 2.05) is 0 Å². The highest BCUT2D eigenvalue weighted by Crippen LogP contribution is 2.19. The number of hydrogen-bond acceptors (Lipinski definition) is 2. The van der Waals surface area contributed by atoms with E-state index in [4.69, 9.17) is 0 Å². The molecular formula is C19H32N2. The molecule has 2 heteroatoms. The highest BCUT2D eigenvalue weighted by molar-refractivity contribution is 5.45. The Bertz CT molecular complexity index is 393. The number of rotatable bonds is 8. The fraction of sp³-hybridized carbons (Fsp3) is 0.684. The Kier molecular flexibility index (Phi) is 6.56. The lowest BCUT2D eigenvalue weighted by atomic mass is 9.97. The zero-order valence-corrected chi connectivity index (χ0v) is 14.1. The van der Waals surface area contributed by atoms with Crippen molar-refractivity contribution >= 4 is 5.69 Å². The predicted molar refractivity (Wildman–Crippen MR) is 92.7 cm³/mol. The zero-order chi connectivity index (χ0) is 15.1. The third-order valence-corrected chi connectivity index (χ3v) is 4.81. The van der Waals surface area contributed by atoms with Gasteiger partial charge in [0.15, 0.2) is 0 Å². The van der Waals surface area contributed by atoms with Crippen LogP contribution in [0.4, 0.5) is 5.69 Å². The van der Waals surface area contributed by atoms with Crippen LogP contribution in [0.2, 0.25) is 0 Å². The van der Waals surface area contributed by atoms with Crippen molar-refractivity contribution in [2.45, 2.75) is 65.5 Å². The zero-order valence-electron chi connectivity index (χ0n) is 14.1. The van der Waals surface area contributed by atoms with Gasteiger partial charge >= 0.3 is 0 Å². The molecule has 2 rings (SSSR count). The van der Waals surface area contributed by atoms with E-state index in [2.05, 4.69) is 55.3 Å². The first-order valence-electron chi connectivity index (χ1n) is 8.79. The summed E-state index contributed by atoms with van der Waals surface area (Å²) in [5.74, 6) is 0.803. The number of nitrogens with zero attached hydrogens (tertiary/aromatic N) is 1. The molecule has 118 valence electrons. The molecule has 21 heavy (non-hydrogen) atoms. The van der Waals surface area contributed by atoms with Crippen LogP contribution in [0.1, 0.15) is 58.4 Å². The largest absolute Gasteiger partial charge is 0.382 e. The van der Waals surface area contributed by atoms with Crippen LogP contribution in [0.3, 0.4) is 0 Å². The third-order valence-electron chi connectivity index (χ3n) is 4.81. The van der Waals surface area contributed by atoms with Crippen LogP contribution in [0.25, 0.3) is 0 Å². The van der Waals surface area contributed by atoms with E-state index in [-0.39, 0.29) is 0 Å². The predicted octanol–water partition coefficient (Wildman–Crippen LogP) is 4.91. The molecule has 1 fully saturated rings. The Morgan fingerprint density at radius 2 is 1.71 bits per heavy atom. The fourth-order valence-corrected chi connectivity index (χ4v) is 3.12. The smallest absolute Gasteiger partial charge is 0.0342 e. The molecule has 0 spiro atoms. The van der Waals surface area contributed by atoms with Crippen molar-refractivity contribution in [1.29, 1.82) is 0 Å². The van der Waals surface area contributed by atoms with Gasteiger partial charge in [0.25, 0.3) is 0 Å². The number of anilines is 1. The SMILES string of the molecule is CCC(C)CC(CC)Nc1ccc(CN2CCCC2)cc1. The van der Waals surface area contributed by atoms with Gasteiger partial charge in [-0.15, -0.1) is 0 Å². The molecule has 0 bridgehead atoms. The van der Waals surface area contributed by atoms with Gasteiger partial charge in [0, 0.05) is 18.3 Å². The maximum absolute atomic E-state index is 3.70. The van der Waals surface area contributed by atoms with Gasteiger partial charge < -0.3 is 5.32 Å². The molecule has 2 unspecified atom stereocenters. The summed E-state index contributed by atoms with van der Waals surface area (Å²) >= 11 is 0. The monoisotopic (exact) mass is 288 g/mol. The highest BCUT2D eigenvalue weighted by Gasteiger charge is 2.12. The van der Waals surface area contributed by atoms with Gasteiger partial charge in [-0.25, -0.2) is 0 Å². The number of likely N-dealkylation sites (tertiary alicyclic amines) is 1. The molecule has 1 aliphatic heterocycles. The topological polar surface area (TPSA) is 15.3 Å². The van der Waals surface area contributed by atoms with Crippen LogP contribution >= 0.6 is 0 Å². The lowest BCUT2D eigenvalue weighted by molar-refractivity contribution is 0.331. The molecule has 0 aromatic heterocycles. The minimum Gasteiger partial charge on any atom is -0.382 e. The van der Waals surface area contributed by atoms with Crippen LogP contribution in [-0.2, 0) is 6.54 Å². The van der Waals surface area contributed by atoms with E-state index < -0.39 is 0 Å². The standard InChI is InChI=1S/C19H32N2/c1-4-16(3)14-18(5-2)20-19-10-8-17(9-11-19)15-21-12-6-7-13-21/h8-11,16,18,20H,4-7,12-15H2,1-3H3. The van der Waals surface area contributed by atoms with Crippen LogP contribution in [0.15, 0.2) is 24.3 Å². The Balaban J connectivity index is 1.85. The maximum Gasteiger partial charge on any atom is 0.0342 e. The third kappa shape index (κ3) is 5.35. The van der Waals surface area contributed by atoms with Gasteiger partial charge in [-0.1, -0.05) is 39.3 Å². The molecule has 2 nitrogen and oxygen atoms in total. The lowest BCUT2D eigenvalue weighted by Gasteiger charge is -2.22. The highest BCUT2D eigenvalue weighted by atomic mass is 15.1. The summed E-state index contributed by atoms with van der Waals surface area (Å²) in [6.45, 7) is 10.6. The van der Waals surface area contributed by atoms with Crippen molar-refractivity contribution < 1.29 is 0 Å². The summed E-state index contributed by atoms with van der Waals surface area (Å²) < 4.78 is 0. The van der Waals surface area contributed by atoms with Gasteiger partial charge in [0.05, 0.1) is 0 Å². The Morgan fingerprint density at radius 1 is 1.05 bits per heavy atom. The fourth-order valence-electron chi connectivity index (χ4n) is 3.12. The molecule has 1 heterocycles. The first-order chi connectivity index (χ1) is 10.2. The molecule has 1 saturated heterocycles. The minimum absolute atomic E-state index is 0.601. The van der Waals surface area contributed by atoms with Crippen LogP contribution in [0, 0.1) is 5.92 Å². The second kappa shape index (κ2) is 8.43. The van der Waals surface area contributed by atoms with Crippen LogP contribution < -0.4 is 5.32 Å². The number of benzene rings is 1. The van der Waals surface area contributed by atoms with Crippen molar-refractivity contribution in [1.82, 2.24) is 4.90 Å². The van der Waals surface area contributed by atoms with Crippen molar-refractivity contribution in [3.63, 3.8) is 0 Å². The summed E-state index contributed by atoms with van der Waals surface area (Å²) in [5, 5.41) is 3.70. The van der Waals surface area contributed by atoms with Crippen molar-refractivity contribution in [2.75, 3.05) is 18.4 Å². The van der Waals surface area contributed by atoms with Gasteiger partial charge in [0.2, 0.25) is 0 Å². The van der Waals surface area contributed by atoms with Gasteiger partial charge in [0.1, 0.15) is 0 Å². The molecule has 1 aliphatic rings. The quantitative estimate of drug-likeness (QED) is 0.731. The molecule has 2 atom stereocenters. The second-order valence-corrected chi connectivity index (χ2v) is 6.68. The Labute approximate surface area is 130 Å². The van der Waals surface area contributed by atoms with Gasteiger partial charge in [-0.3, -0.25) is 4.90 Å². The van der Waals surface area contributed by atoms with Crippen molar-refractivity contribution in [3.8, 4) is 0 Å². The molecule has 0 amide bonds. The molecule has 1 aromatic carbocycles. The summed E-state index contributed by atoms with van der Waals surface area (Å²) in [4.78, 5) is 2.56. The van der Waals surface area contributed by atoms with Crippen LogP contribution in [0.5, 0.6) is 0 Å². The first-order valence-corrected chi connectivity index (χ1v) is 8.79. The molecule has 0 radical (unpaired) electrons. The van der Waals surface area contributed by atoms with E-state index in [0.29, 0.717) is 6.04 Å². The molecular weight excluding hydrogens is 256 g/mol. The van der Waals surface area contributed by atoms with Crippen molar-refractivity contribution in [2.24, 2.45) is 5.92 Å². The Hall–Kier alpha value is -1.02. The summed E-state index contributed by atoms with van der Waals surface area (Å²) in [6, 6.07) is 9.69. The van der Waals surface area contributed by atoms with E-state index in [1.165, 1.54) is 56.4 Å². The minimum atomic E-state index is 0.601. The second-order valence-electron chi connectivity index (χ2n) is 6.68. The average molecular weight is 288 g/mol. The molecule has 0 saturated carbocycles. The normalized spacial score (nSPS) is 18.6. The summed E-state index contributed by atoms with van der Waals surface area (Å²) in [6.07, 6.45) is 6.47. The molecule has 1 N–H and O–H groups in total.